The molecule has 4 nitrogen and oxygen atoms in total. The quantitative estimate of drug-likeness (QED) is 0.806. The number of nitrogens with one attached hydrogen (secondary N) is 1. The molecule has 1 N–H and O–H groups in total. The Morgan fingerprint density at radius 2 is 1.83 bits per heavy atom. The molecule has 4 heteroatoms. The van der Waals surface area contributed by atoms with Gasteiger partial charge in [-0.1, -0.05) is 31.2 Å². The molecule has 24 heavy (non-hydrogen) atoms. The van der Waals surface area contributed by atoms with E-state index in [4.69, 9.17) is 4.74 Å². The second-order valence-corrected chi connectivity index (χ2v) is 5.84. The molecule has 1 amide bonds. The van der Waals surface area contributed by atoms with E-state index in [2.05, 4.69) is 5.32 Å². The molecule has 0 unspecified atom stereocenters. The first-order chi connectivity index (χ1) is 11.4. The smallest absolute Gasteiger partial charge is 0.265 e. The number of aryl methyl sites for hydroxylation is 1. The van der Waals surface area contributed by atoms with E-state index in [1.165, 1.54) is 6.92 Å². The van der Waals surface area contributed by atoms with Crippen LogP contribution in [0.3, 0.4) is 0 Å². The number of rotatable bonds is 6. The normalized spacial score (nSPS) is 11.7. The van der Waals surface area contributed by atoms with Crippen LogP contribution in [0.1, 0.15) is 41.8 Å². The van der Waals surface area contributed by atoms with Crippen LogP contribution in [-0.2, 0) is 4.79 Å². The molecule has 0 bridgehead atoms. The van der Waals surface area contributed by atoms with Gasteiger partial charge in [-0.3, -0.25) is 9.59 Å². The van der Waals surface area contributed by atoms with Crippen LogP contribution >= 0.6 is 0 Å². The highest BCUT2D eigenvalue weighted by molar-refractivity contribution is 5.98. The summed E-state index contributed by atoms with van der Waals surface area (Å²) in [6.45, 7) is 7.39. The fraction of sp³-hybridized carbons (Fsp3) is 0.300. The summed E-state index contributed by atoms with van der Waals surface area (Å²) >= 11 is 0. The fourth-order valence-corrected chi connectivity index (χ4v) is 2.37. The molecule has 2 aromatic carbocycles. The Morgan fingerprint density at radius 3 is 2.50 bits per heavy atom. The number of amides is 1. The molecule has 0 radical (unpaired) electrons. The van der Waals surface area contributed by atoms with Crippen molar-refractivity contribution in [2.45, 2.75) is 40.2 Å². The summed E-state index contributed by atoms with van der Waals surface area (Å²) in [5.74, 6) is 0.457. The number of Topliss-reactive ketones (excluding diaryl/α,β-unsaturated/α-hetero) is 1. The second kappa shape index (κ2) is 7.77. The molecule has 1 atom stereocenters. The molecular formula is C20H23NO3. The lowest BCUT2D eigenvalue weighted by Crippen LogP contribution is -2.32. The van der Waals surface area contributed by atoms with Crippen LogP contribution in [0.2, 0.25) is 0 Å². The third-order valence-electron chi connectivity index (χ3n) is 4.02. The fourth-order valence-electron chi connectivity index (χ4n) is 2.37. The molecule has 0 spiro atoms. The van der Waals surface area contributed by atoms with Crippen molar-refractivity contribution in [3.05, 3.63) is 59.2 Å². The van der Waals surface area contributed by atoms with Gasteiger partial charge in [0.15, 0.2) is 11.9 Å². The van der Waals surface area contributed by atoms with Crippen molar-refractivity contribution in [2.75, 3.05) is 5.32 Å². The molecule has 2 aromatic rings. The van der Waals surface area contributed by atoms with E-state index < -0.39 is 6.10 Å². The van der Waals surface area contributed by atoms with Crippen molar-refractivity contribution in [1.82, 2.24) is 0 Å². The van der Waals surface area contributed by atoms with E-state index in [0.717, 1.165) is 16.9 Å². The Morgan fingerprint density at radius 1 is 1.12 bits per heavy atom. The van der Waals surface area contributed by atoms with E-state index in [0.29, 0.717) is 17.7 Å². The van der Waals surface area contributed by atoms with Gasteiger partial charge in [-0.05, 0) is 56.5 Å². The van der Waals surface area contributed by atoms with Gasteiger partial charge >= 0.3 is 0 Å². The van der Waals surface area contributed by atoms with Crippen molar-refractivity contribution in [3.8, 4) is 5.75 Å². The molecule has 0 aromatic heterocycles. The predicted molar refractivity (Wildman–Crippen MR) is 95.7 cm³/mol. The maximum atomic E-state index is 12.5. The van der Waals surface area contributed by atoms with Crippen LogP contribution < -0.4 is 10.1 Å². The first kappa shape index (κ1) is 17.7. The number of carbonyl (C=O) groups excluding carboxylic acids is 2. The van der Waals surface area contributed by atoms with Crippen molar-refractivity contribution in [2.24, 2.45) is 0 Å². The molecule has 0 saturated carbocycles. The first-order valence-corrected chi connectivity index (χ1v) is 8.07. The number of carbonyl (C=O) groups is 2. The first-order valence-electron chi connectivity index (χ1n) is 8.07. The highest BCUT2D eigenvalue weighted by atomic mass is 16.5. The van der Waals surface area contributed by atoms with Gasteiger partial charge in [0.2, 0.25) is 0 Å². The molecule has 0 aliphatic rings. The molecule has 0 heterocycles. The lowest BCUT2D eigenvalue weighted by molar-refractivity contribution is -0.122. The number of benzene rings is 2. The molecule has 0 aliphatic carbocycles. The minimum absolute atomic E-state index is 0.0372. The maximum Gasteiger partial charge on any atom is 0.265 e. The van der Waals surface area contributed by atoms with E-state index in [1.807, 2.05) is 39.0 Å². The average Bonchev–Trinajstić information content (AvgIpc) is 2.56. The van der Waals surface area contributed by atoms with Gasteiger partial charge in [0.05, 0.1) is 0 Å². The van der Waals surface area contributed by atoms with Crippen LogP contribution in [0.4, 0.5) is 5.69 Å². The van der Waals surface area contributed by atoms with Crippen molar-refractivity contribution < 1.29 is 14.3 Å². The Balaban J connectivity index is 2.13. The molecule has 126 valence electrons. The number of ketones is 1. The number of hydrogen-bond donors (Lipinski definition) is 1. The average molecular weight is 325 g/mol. The summed E-state index contributed by atoms with van der Waals surface area (Å²) in [6, 6.07) is 12.7. The van der Waals surface area contributed by atoms with Crippen molar-refractivity contribution in [3.63, 3.8) is 0 Å². The summed E-state index contributed by atoms with van der Waals surface area (Å²) in [7, 11) is 0. The summed E-state index contributed by atoms with van der Waals surface area (Å²) in [6.07, 6.45) is -0.0440. The van der Waals surface area contributed by atoms with E-state index >= 15 is 0 Å². The highest BCUT2D eigenvalue weighted by Gasteiger charge is 2.20. The zero-order valence-electron chi connectivity index (χ0n) is 14.6. The third kappa shape index (κ3) is 4.22. The lowest BCUT2D eigenvalue weighted by atomic mass is 10.1. The van der Waals surface area contributed by atoms with Crippen LogP contribution in [0.15, 0.2) is 42.5 Å². The lowest BCUT2D eigenvalue weighted by Gasteiger charge is -2.19. The Bertz CT molecular complexity index is 752. The minimum atomic E-state index is -0.591. The standard InChI is InChI=1S/C20H23NO3/c1-5-18(24-19-11-6-8-13(2)14(19)3)20(23)21-17-10-7-9-16(12-17)15(4)22/h6-12,18H,5H2,1-4H3,(H,21,23)/t18-/m0/s1. The predicted octanol–water partition coefficient (Wildman–Crippen LogP) is 4.30. The van der Waals surface area contributed by atoms with Crippen LogP contribution in [0.25, 0.3) is 0 Å². The third-order valence-corrected chi connectivity index (χ3v) is 4.02. The molecule has 2 rings (SSSR count). The van der Waals surface area contributed by atoms with Gasteiger partial charge in [-0.25, -0.2) is 0 Å². The van der Waals surface area contributed by atoms with Gasteiger partial charge in [-0.15, -0.1) is 0 Å². The Hall–Kier alpha value is -2.62. The zero-order chi connectivity index (χ0) is 17.7. The summed E-state index contributed by atoms with van der Waals surface area (Å²) in [4.78, 5) is 24.0. The second-order valence-electron chi connectivity index (χ2n) is 5.84. The van der Waals surface area contributed by atoms with Crippen molar-refractivity contribution in [1.29, 1.82) is 0 Å². The summed E-state index contributed by atoms with van der Waals surface area (Å²) in [5, 5.41) is 2.83. The van der Waals surface area contributed by atoms with Gasteiger partial charge < -0.3 is 10.1 Å². The number of hydrogen-bond acceptors (Lipinski definition) is 3. The van der Waals surface area contributed by atoms with E-state index in [1.54, 1.807) is 24.3 Å². The van der Waals surface area contributed by atoms with E-state index in [9.17, 15) is 9.59 Å². The molecular weight excluding hydrogens is 302 g/mol. The van der Waals surface area contributed by atoms with Gasteiger partial charge in [-0.2, -0.15) is 0 Å². The topological polar surface area (TPSA) is 55.4 Å². The Labute approximate surface area is 142 Å². The van der Waals surface area contributed by atoms with Gasteiger partial charge in [0.1, 0.15) is 5.75 Å². The van der Waals surface area contributed by atoms with Crippen LogP contribution in [-0.4, -0.2) is 17.8 Å². The largest absolute Gasteiger partial charge is 0.480 e. The molecule has 0 saturated heterocycles. The summed E-state index contributed by atoms with van der Waals surface area (Å²) < 4.78 is 5.91. The van der Waals surface area contributed by atoms with Crippen molar-refractivity contribution >= 4 is 17.4 Å². The number of anilines is 1. The van der Waals surface area contributed by atoms with E-state index in [-0.39, 0.29) is 11.7 Å². The van der Waals surface area contributed by atoms with Gasteiger partial charge in [0, 0.05) is 11.3 Å². The maximum absolute atomic E-state index is 12.5. The van der Waals surface area contributed by atoms with Crippen LogP contribution in [0, 0.1) is 13.8 Å². The van der Waals surface area contributed by atoms with Crippen LogP contribution in [0.5, 0.6) is 5.75 Å². The molecule has 0 fully saturated rings. The highest BCUT2D eigenvalue weighted by Crippen LogP contribution is 2.23. The minimum Gasteiger partial charge on any atom is -0.480 e. The monoisotopic (exact) mass is 325 g/mol. The SMILES string of the molecule is CC[C@H](Oc1cccc(C)c1C)C(=O)Nc1cccc(C(C)=O)c1. The zero-order valence-corrected chi connectivity index (χ0v) is 14.6. The summed E-state index contributed by atoms with van der Waals surface area (Å²) in [5.41, 5.74) is 3.31. The number of ether oxygens (including phenoxy) is 1. The van der Waals surface area contributed by atoms with Gasteiger partial charge in [0.25, 0.3) is 5.91 Å². The molecule has 0 aliphatic heterocycles. The Kier molecular flexibility index (Phi) is 5.74.